The van der Waals surface area contributed by atoms with Gasteiger partial charge in [0.15, 0.2) is 17.2 Å². The fourth-order valence-corrected chi connectivity index (χ4v) is 9.19. The quantitative estimate of drug-likeness (QED) is 0.112. The molecule has 0 spiro atoms. The van der Waals surface area contributed by atoms with E-state index in [9.17, 15) is 19.0 Å². The first-order chi connectivity index (χ1) is 34.0. The van der Waals surface area contributed by atoms with Gasteiger partial charge in [0.2, 0.25) is 11.8 Å². The maximum atomic E-state index is 14.8. The predicted octanol–water partition coefficient (Wildman–Crippen LogP) is 5.08. The molecule has 68 heavy (non-hydrogen) atoms. The second kappa shape index (κ2) is 22.2. The first-order valence-electron chi connectivity index (χ1n) is 23.5. The third-order valence-electron chi connectivity index (χ3n) is 12.0. The maximum Gasteiger partial charge on any atom is 0.213 e. The van der Waals surface area contributed by atoms with Crippen molar-refractivity contribution in [1.29, 1.82) is 0 Å². The summed E-state index contributed by atoms with van der Waals surface area (Å²) in [5.74, 6) is 2.27. The van der Waals surface area contributed by atoms with Gasteiger partial charge in [0.1, 0.15) is 24.8 Å². The van der Waals surface area contributed by atoms with Crippen LogP contribution in [0, 0.1) is 11.6 Å². The summed E-state index contributed by atoms with van der Waals surface area (Å²) < 4.78 is 85.4. The Morgan fingerprint density at radius 1 is 0.691 bits per heavy atom. The number of nitrogens with zero attached hydrogens (tertiary/aromatic N) is 6. The molecule has 6 aromatic rings. The molecule has 2 saturated heterocycles. The number of pyridine rings is 6. The molecule has 0 amide bonds. The van der Waals surface area contributed by atoms with E-state index in [2.05, 4.69) is 46.6 Å². The van der Waals surface area contributed by atoms with E-state index >= 15 is 0 Å². The van der Waals surface area contributed by atoms with Crippen molar-refractivity contribution in [2.24, 2.45) is 0 Å². The lowest BCUT2D eigenvalue weighted by Gasteiger charge is -2.32. The molecule has 2 fully saturated rings. The first kappa shape index (κ1) is 44.9. The SMILES string of the molecule is COc1ccc2ncc(F)c(CC(O)[C@@H]3CC[C@@H](NCc4cc5c(cn4)OCCS5)CO3)c2n1.[2H]C([2H])(c1c(F)cnc2ccc(OC)nc12)[C@H](O)[C@@H]1CC[C@@H](NCc2cc3c(cn2)OCCO3)CO1. The lowest BCUT2D eigenvalue weighted by atomic mass is 9.96. The summed E-state index contributed by atoms with van der Waals surface area (Å²) >= 11 is 1.78. The predicted molar refractivity (Wildman–Crippen MR) is 246 cm³/mol. The summed E-state index contributed by atoms with van der Waals surface area (Å²) in [5.41, 5.74) is 2.95. The zero-order valence-electron chi connectivity index (χ0n) is 39.5. The van der Waals surface area contributed by atoms with E-state index < -0.39 is 36.3 Å². The van der Waals surface area contributed by atoms with Crippen LogP contribution in [0.3, 0.4) is 0 Å². The highest BCUT2D eigenvalue weighted by Crippen LogP contribution is 2.34. The summed E-state index contributed by atoms with van der Waals surface area (Å²) in [7, 11) is 2.92. The molecule has 0 bridgehead atoms. The molecule has 4 aliphatic heterocycles. The Morgan fingerprint density at radius 3 is 1.87 bits per heavy atom. The molecule has 0 radical (unpaired) electrons. The van der Waals surface area contributed by atoms with Crippen molar-refractivity contribution >= 4 is 33.8 Å². The minimum absolute atomic E-state index is 0.000631. The van der Waals surface area contributed by atoms with Crippen molar-refractivity contribution in [1.82, 2.24) is 40.5 Å². The summed E-state index contributed by atoms with van der Waals surface area (Å²) in [4.78, 5) is 26.6. The zero-order valence-corrected chi connectivity index (χ0v) is 38.3. The molecule has 0 aliphatic carbocycles. The van der Waals surface area contributed by atoms with Gasteiger partial charge in [0, 0.05) is 75.8 Å². The molecule has 6 atom stereocenters. The number of thioether (sulfide) groups is 1. The highest BCUT2D eigenvalue weighted by Gasteiger charge is 2.31. The second-order valence-electron chi connectivity index (χ2n) is 16.6. The van der Waals surface area contributed by atoms with Crippen molar-refractivity contribution in [3.8, 4) is 29.0 Å². The number of rotatable bonds is 14. The lowest BCUT2D eigenvalue weighted by molar-refractivity contribution is -0.0719. The van der Waals surface area contributed by atoms with Crippen molar-refractivity contribution in [3.63, 3.8) is 0 Å². The van der Waals surface area contributed by atoms with Gasteiger partial charge in [-0.1, -0.05) is 0 Å². The smallest absolute Gasteiger partial charge is 0.213 e. The van der Waals surface area contributed by atoms with Crippen molar-refractivity contribution in [2.75, 3.05) is 53.0 Å². The normalized spacial score (nSPS) is 21.6. The van der Waals surface area contributed by atoms with Crippen LogP contribution < -0.4 is 34.3 Å². The Labute approximate surface area is 398 Å². The molecular formula is C48H54F2N8O9S. The number of halogens is 2. The van der Waals surface area contributed by atoms with Crippen LogP contribution >= 0.6 is 11.8 Å². The molecule has 20 heteroatoms. The van der Waals surface area contributed by atoms with Crippen LogP contribution in [0.25, 0.3) is 22.1 Å². The van der Waals surface area contributed by atoms with Gasteiger partial charge in [-0.15, -0.1) is 11.8 Å². The van der Waals surface area contributed by atoms with Crippen LogP contribution in [-0.2, 0) is 35.4 Å². The number of nitrogens with one attached hydrogen (secondary N) is 2. The zero-order chi connectivity index (χ0) is 48.8. The van der Waals surface area contributed by atoms with Crippen LogP contribution in [0.1, 0.15) is 50.9 Å². The lowest BCUT2D eigenvalue weighted by Crippen LogP contribution is -2.44. The fourth-order valence-electron chi connectivity index (χ4n) is 8.33. The summed E-state index contributed by atoms with van der Waals surface area (Å²) in [5, 5.41) is 28.7. The molecule has 6 aromatic heterocycles. The molecule has 10 rings (SSSR count). The number of hydrogen-bond donors (Lipinski definition) is 4. The standard InChI is InChI=1S/C24H27FN4O5.C24H27FN4O4S/c1-31-23-5-3-18-24(29-23)16(17(25)11-28-18)9-19(30)20-4-2-14(13-34-20)26-10-15-8-21-22(12-27-15)33-7-6-32-21;1-31-23-5-3-18-24(29-23)16(17(25)11-28-18)9-19(30)20-4-2-14(13-33-20)26-10-15-8-22-21(12-27-15)32-6-7-34-22/h2*3,5,8,11-12,14,19-20,26,30H,2,4,6-7,9-10,13H2,1H3/t14-,19+,20+;14-,19?,20+/m11/s1/i9D2;. The van der Waals surface area contributed by atoms with E-state index in [0.717, 1.165) is 47.0 Å². The highest BCUT2D eigenvalue weighted by atomic mass is 32.2. The third kappa shape index (κ3) is 11.5. The number of fused-ring (bicyclic) bond motifs is 4. The molecule has 10 heterocycles. The number of aliphatic hydroxyl groups is 2. The van der Waals surface area contributed by atoms with Crippen molar-refractivity contribution < 1.29 is 54.9 Å². The molecule has 0 saturated carbocycles. The van der Waals surface area contributed by atoms with Gasteiger partial charge >= 0.3 is 0 Å². The van der Waals surface area contributed by atoms with Gasteiger partial charge in [0.05, 0.1) is 122 Å². The summed E-state index contributed by atoms with van der Waals surface area (Å²) in [6.45, 7) is 3.57. The number of methoxy groups -OCH3 is 2. The van der Waals surface area contributed by atoms with Crippen LogP contribution in [0.2, 0.25) is 0 Å². The average Bonchev–Trinajstić information content (AvgIpc) is 3.40. The van der Waals surface area contributed by atoms with Crippen LogP contribution in [0.15, 0.2) is 66.1 Å². The van der Waals surface area contributed by atoms with E-state index in [0.29, 0.717) is 91.7 Å². The summed E-state index contributed by atoms with van der Waals surface area (Å²) in [6, 6.07) is 10.6. The monoisotopic (exact) mass is 958 g/mol. The largest absolute Gasteiger partial charge is 0.490 e. The molecule has 0 aromatic carbocycles. The molecule has 1 unspecified atom stereocenters. The topological polar surface area (TPSA) is 206 Å². The number of ether oxygens (including phenoxy) is 7. The van der Waals surface area contributed by atoms with E-state index in [1.165, 1.54) is 20.4 Å². The van der Waals surface area contributed by atoms with Crippen molar-refractivity contribution in [2.45, 2.75) is 93.0 Å². The highest BCUT2D eigenvalue weighted by molar-refractivity contribution is 7.99. The van der Waals surface area contributed by atoms with E-state index in [4.69, 9.17) is 35.9 Å². The van der Waals surface area contributed by atoms with Crippen molar-refractivity contribution in [3.05, 3.63) is 95.3 Å². The van der Waals surface area contributed by atoms with E-state index in [-0.39, 0.29) is 48.2 Å². The number of aromatic nitrogens is 6. The Morgan fingerprint density at radius 2 is 1.25 bits per heavy atom. The van der Waals surface area contributed by atoms with E-state index in [1.54, 1.807) is 48.4 Å². The molecular weight excluding hydrogens is 903 g/mol. The second-order valence-corrected chi connectivity index (χ2v) is 17.7. The van der Waals surface area contributed by atoms with Crippen LogP contribution in [-0.4, -0.2) is 130 Å². The van der Waals surface area contributed by atoms with Gasteiger partial charge < -0.3 is 54.0 Å². The van der Waals surface area contributed by atoms with Gasteiger partial charge in [0.25, 0.3) is 0 Å². The number of aliphatic hydroxyl groups excluding tert-OH is 2. The molecule has 360 valence electrons. The van der Waals surface area contributed by atoms with Crippen LogP contribution in [0.4, 0.5) is 8.78 Å². The minimum Gasteiger partial charge on any atom is -0.490 e. The van der Waals surface area contributed by atoms with Gasteiger partial charge in [-0.25, -0.2) is 18.7 Å². The fraction of sp³-hybridized carbons (Fsp3) is 0.458. The Kier molecular flexibility index (Phi) is 14.7. The summed E-state index contributed by atoms with van der Waals surface area (Å²) in [6.07, 6.45) is 2.00. The Bertz CT molecular complexity index is 2780. The maximum absolute atomic E-state index is 14.8. The minimum atomic E-state index is -2.48. The number of hydrogen-bond acceptors (Lipinski definition) is 18. The van der Waals surface area contributed by atoms with Gasteiger partial charge in [-0.2, -0.15) is 0 Å². The van der Waals surface area contributed by atoms with Crippen LogP contribution in [0.5, 0.6) is 29.0 Å². The first-order valence-corrected chi connectivity index (χ1v) is 23.5. The Balaban J connectivity index is 0.000000174. The Hall–Kier alpha value is -5.61. The average molecular weight is 959 g/mol. The van der Waals surface area contributed by atoms with Gasteiger partial charge in [-0.3, -0.25) is 19.9 Å². The van der Waals surface area contributed by atoms with E-state index in [1.807, 2.05) is 6.07 Å². The molecule has 17 nitrogen and oxygen atoms in total. The molecule has 4 aliphatic rings. The van der Waals surface area contributed by atoms with Gasteiger partial charge in [-0.05, 0) is 43.9 Å². The third-order valence-corrected chi connectivity index (χ3v) is 13.0. The molecule has 4 N–H and O–H groups in total.